The number of rotatable bonds is 3. The van der Waals surface area contributed by atoms with Crippen LogP contribution in [0.4, 0.5) is 5.69 Å². The average Bonchev–Trinajstić information content (AvgIpc) is 3.38. The first-order valence-electron chi connectivity index (χ1n) is 9.41. The van der Waals surface area contributed by atoms with Gasteiger partial charge in [-0.3, -0.25) is 10.00 Å². The highest BCUT2D eigenvalue weighted by Gasteiger charge is 2.26. The lowest BCUT2D eigenvalue weighted by Gasteiger charge is -2.40. The number of nitrogens with zero attached hydrogens (tertiary/aromatic N) is 6. The summed E-state index contributed by atoms with van der Waals surface area (Å²) in [5, 5.41) is 14.8. The van der Waals surface area contributed by atoms with Crippen LogP contribution in [0.2, 0.25) is 0 Å². The Labute approximate surface area is 152 Å². The van der Waals surface area contributed by atoms with Gasteiger partial charge in [-0.05, 0) is 12.8 Å². The van der Waals surface area contributed by atoms with Crippen LogP contribution in [0.25, 0.3) is 16.8 Å². The van der Waals surface area contributed by atoms with Crippen LogP contribution in [0.3, 0.4) is 0 Å². The predicted octanol–water partition coefficient (Wildman–Crippen LogP) is 0.993. The zero-order chi connectivity index (χ0) is 17.3. The molecule has 2 saturated heterocycles. The quantitative estimate of drug-likeness (QED) is 0.732. The van der Waals surface area contributed by atoms with E-state index in [9.17, 15) is 0 Å². The molecule has 8 heteroatoms. The predicted molar refractivity (Wildman–Crippen MR) is 100 cm³/mol. The number of anilines is 1. The molecule has 0 radical (unpaired) electrons. The molecule has 2 aliphatic heterocycles. The highest BCUT2D eigenvalue weighted by molar-refractivity contribution is 5.76. The van der Waals surface area contributed by atoms with Gasteiger partial charge < -0.3 is 10.2 Å². The lowest BCUT2D eigenvalue weighted by Crippen LogP contribution is -2.52. The number of aromatic amines is 1. The summed E-state index contributed by atoms with van der Waals surface area (Å²) in [5.74, 6) is 0. The molecule has 5 heterocycles. The van der Waals surface area contributed by atoms with E-state index in [4.69, 9.17) is 0 Å². The molecule has 2 aliphatic rings. The Morgan fingerprint density at radius 3 is 2.62 bits per heavy atom. The summed E-state index contributed by atoms with van der Waals surface area (Å²) < 4.78 is 1.88. The number of H-pyrrole nitrogens is 1. The minimum atomic E-state index is 0.724. The third-order valence-corrected chi connectivity index (χ3v) is 5.65. The first-order chi connectivity index (χ1) is 12.9. The molecule has 0 aliphatic carbocycles. The first kappa shape index (κ1) is 15.8. The molecule has 26 heavy (non-hydrogen) atoms. The van der Waals surface area contributed by atoms with Crippen molar-refractivity contribution in [2.45, 2.75) is 18.9 Å². The molecule has 0 spiro atoms. The van der Waals surface area contributed by atoms with Crippen molar-refractivity contribution in [3.8, 4) is 11.1 Å². The maximum Gasteiger partial charge on any atom is 0.163 e. The minimum absolute atomic E-state index is 0.724. The van der Waals surface area contributed by atoms with E-state index >= 15 is 0 Å². The van der Waals surface area contributed by atoms with Gasteiger partial charge in [-0.2, -0.15) is 10.2 Å². The molecule has 0 atom stereocenters. The fourth-order valence-electron chi connectivity index (χ4n) is 4.17. The molecule has 0 unspecified atom stereocenters. The molecule has 3 aromatic heterocycles. The zero-order valence-electron chi connectivity index (χ0n) is 14.8. The maximum atomic E-state index is 4.68. The van der Waals surface area contributed by atoms with Crippen LogP contribution in [-0.2, 0) is 0 Å². The highest BCUT2D eigenvalue weighted by atomic mass is 15.3. The number of aromatic nitrogens is 5. The van der Waals surface area contributed by atoms with Crippen molar-refractivity contribution >= 4 is 11.3 Å². The topological polar surface area (TPSA) is 77.4 Å². The summed E-state index contributed by atoms with van der Waals surface area (Å²) in [7, 11) is 0. The molecular formula is C18H24N8. The van der Waals surface area contributed by atoms with Gasteiger partial charge >= 0.3 is 0 Å². The molecule has 136 valence electrons. The van der Waals surface area contributed by atoms with Gasteiger partial charge in [-0.25, -0.2) is 9.50 Å². The van der Waals surface area contributed by atoms with E-state index in [1.165, 1.54) is 25.9 Å². The summed E-state index contributed by atoms with van der Waals surface area (Å²) >= 11 is 0. The molecule has 0 bridgehead atoms. The molecule has 2 N–H and O–H groups in total. The second-order valence-electron chi connectivity index (χ2n) is 7.13. The summed E-state index contributed by atoms with van der Waals surface area (Å²) in [6.07, 6.45) is 12.0. The number of nitrogens with one attached hydrogen (secondary N) is 2. The van der Waals surface area contributed by atoms with Crippen LogP contribution in [0, 0.1) is 0 Å². The van der Waals surface area contributed by atoms with Gasteiger partial charge in [-0.1, -0.05) is 0 Å². The highest BCUT2D eigenvalue weighted by Crippen LogP contribution is 2.26. The van der Waals surface area contributed by atoms with Gasteiger partial charge in [0, 0.05) is 62.6 Å². The van der Waals surface area contributed by atoms with Gasteiger partial charge in [0.15, 0.2) is 5.65 Å². The molecule has 5 rings (SSSR count). The van der Waals surface area contributed by atoms with Crippen LogP contribution in [-0.4, -0.2) is 75.0 Å². The normalized spacial score (nSPS) is 20.1. The number of piperazine rings is 1. The first-order valence-corrected chi connectivity index (χ1v) is 9.41. The van der Waals surface area contributed by atoms with E-state index in [2.05, 4.69) is 41.6 Å². The van der Waals surface area contributed by atoms with E-state index in [-0.39, 0.29) is 0 Å². The second kappa shape index (κ2) is 6.69. The molecule has 0 aromatic carbocycles. The van der Waals surface area contributed by atoms with Crippen molar-refractivity contribution in [1.29, 1.82) is 0 Å². The Hall–Kier alpha value is -2.45. The Bertz CT molecular complexity index is 857. The maximum absolute atomic E-state index is 4.68. The van der Waals surface area contributed by atoms with Crippen molar-refractivity contribution < 1.29 is 0 Å². The summed E-state index contributed by atoms with van der Waals surface area (Å²) in [5.41, 5.74) is 4.03. The van der Waals surface area contributed by atoms with E-state index in [0.717, 1.165) is 54.7 Å². The average molecular weight is 352 g/mol. The van der Waals surface area contributed by atoms with E-state index in [1.54, 1.807) is 6.20 Å². The van der Waals surface area contributed by atoms with Crippen LogP contribution in [0.5, 0.6) is 0 Å². The van der Waals surface area contributed by atoms with Gasteiger partial charge in [0.25, 0.3) is 0 Å². The van der Waals surface area contributed by atoms with Gasteiger partial charge in [0.1, 0.15) is 0 Å². The Morgan fingerprint density at radius 1 is 1.00 bits per heavy atom. The third-order valence-electron chi connectivity index (χ3n) is 5.65. The largest absolute Gasteiger partial charge is 0.369 e. The van der Waals surface area contributed by atoms with E-state index < -0.39 is 0 Å². The van der Waals surface area contributed by atoms with Crippen molar-refractivity contribution in [2.75, 3.05) is 44.2 Å². The smallest absolute Gasteiger partial charge is 0.163 e. The van der Waals surface area contributed by atoms with Crippen molar-refractivity contribution in [1.82, 2.24) is 35.0 Å². The van der Waals surface area contributed by atoms with Crippen molar-refractivity contribution in [2.24, 2.45) is 0 Å². The fraction of sp³-hybridized carbons (Fsp3) is 0.500. The van der Waals surface area contributed by atoms with Crippen LogP contribution < -0.4 is 10.2 Å². The monoisotopic (exact) mass is 352 g/mol. The van der Waals surface area contributed by atoms with Crippen LogP contribution in [0.15, 0.2) is 31.0 Å². The summed E-state index contributed by atoms with van der Waals surface area (Å²) in [4.78, 5) is 9.77. The Morgan fingerprint density at radius 2 is 1.85 bits per heavy atom. The second-order valence-corrected chi connectivity index (χ2v) is 7.13. The number of hydrogen-bond donors (Lipinski definition) is 2. The molecule has 3 aromatic rings. The van der Waals surface area contributed by atoms with Gasteiger partial charge in [0.2, 0.25) is 0 Å². The molecule has 2 fully saturated rings. The molecule has 0 saturated carbocycles. The van der Waals surface area contributed by atoms with Gasteiger partial charge in [-0.15, -0.1) is 0 Å². The standard InChI is InChI=1S/C18H24N8/c1-5-24(6-2-15(1)25-7-3-19-4-8-25)16-11-20-18-17(12-23-26(18)13-16)14-9-21-22-10-14/h9-13,15,19H,1-8H2,(H,21,22). The number of fused-ring (bicyclic) bond motifs is 1. The number of piperidine rings is 1. The number of hydrogen-bond acceptors (Lipinski definition) is 6. The zero-order valence-corrected chi connectivity index (χ0v) is 14.8. The van der Waals surface area contributed by atoms with E-state index in [1.807, 2.05) is 23.1 Å². The van der Waals surface area contributed by atoms with Crippen LogP contribution >= 0.6 is 0 Å². The summed E-state index contributed by atoms with van der Waals surface area (Å²) in [6, 6.07) is 0.724. The molecular weight excluding hydrogens is 328 g/mol. The van der Waals surface area contributed by atoms with Crippen molar-refractivity contribution in [3.05, 3.63) is 31.0 Å². The fourth-order valence-corrected chi connectivity index (χ4v) is 4.17. The molecule has 0 amide bonds. The van der Waals surface area contributed by atoms with Crippen LogP contribution in [0.1, 0.15) is 12.8 Å². The SMILES string of the molecule is c1n[nH]cc1-c1cnn2cc(N3CCC(N4CCNCC4)CC3)cnc12. The van der Waals surface area contributed by atoms with Crippen molar-refractivity contribution in [3.63, 3.8) is 0 Å². The Kier molecular flexibility index (Phi) is 4.06. The molecule has 8 nitrogen and oxygen atoms in total. The summed E-state index contributed by atoms with van der Waals surface area (Å²) in [6.45, 7) is 6.78. The lowest BCUT2D eigenvalue weighted by molar-refractivity contribution is 0.150. The lowest BCUT2D eigenvalue weighted by atomic mass is 10.0. The Balaban J connectivity index is 1.31. The van der Waals surface area contributed by atoms with E-state index in [0.29, 0.717) is 0 Å². The van der Waals surface area contributed by atoms with Gasteiger partial charge in [0.05, 0.1) is 30.5 Å². The third kappa shape index (κ3) is 2.85. The minimum Gasteiger partial charge on any atom is -0.369 e.